The Labute approximate surface area is 185 Å². The first-order chi connectivity index (χ1) is 15.1. The van der Waals surface area contributed by atoms with Crippen LogP contribution in [0.5, 0.6) is 11.5 Å². The number of ether oxygens (including phenoxy) is 1. The normalized spacial score (nSPS) is 15.2. The fourth-order valence-corrected chi connectivity index (χ4v) is 4.62. The van der Waals surface area contributed by atoms with Crippen LogP contribution in [0.25, 0.3) is 6.08 Å². The molecule has 3 heteroatoms. The van der Waals surface area contributed by atoms with Crippen molar-refractivity contribution in [2.24, 2.45) is 0 Å². The van der Waals surface area contributed by atoms with E-state index in [9.17, 15) is 5.11 Å². The number of aryl methyl sites for hydroxylation is 1. The lowest BCUT2D eigenvalue weighted by Crippen LogP contribution is -2.25. The summed E-state index contributed by atoms with van der Waals surface area (Å²) in [6.07, 6.45) is 4.96. The Morgan fingerprint density at radius 2 is 1.87 bits per heavy atom. The molecule has 0 amide bonds. The molecular formula is C28H31NO2. The number of benzene rings is 3. The lowest BCUT2D eigenvalue weighted by atomic mass is 9.79. The maximum absolute atomic E-state index is 9.82. The van der Waals surface area contributed by atoms with Gasteiger partial charge in [0.2, 0.25) is 0 Å². The molecule has 0 spiro atoms. The second-order valence-electron chi connectivity index (χ2n) is 8.28. The van der Waals surface area contributed by atoms with Gasteiger partial charge in [-0.3, -0.25) is 0 Å². The number of nitrogens with zero attached hydrogens (tertiary/aromatic N) is 1. The fourth-order valence-electron chi connectivity index (χ4n) is 4.62. The van der Waals surface area contributed by atoms with Crippen LogP contribution in [-0.2, 0) is 19.4 Å². The number of hydrogen-bond donors (Lipinski definition) is 1. The Balaban J connectivity index is 1.65. The van der Waals surface area contributed by atoms with Gasteiger partial charge in [-0.05, 0) is 78.1 Å². The number of phenols is 1. The van der Waals surface area contributed by atoms with E-state index in [1.54, 1.807) is 13.2 Å². The number of methoxy groups -OCH3 is 1. The van der Waals surface area contributed by atoms with Crippen molar-refractivity contribution in [1.82, 2.24) is 0 Å². The van der Waals surface area contributed by atoms with Crippen LogP contribution in [0, 0.1) is 0 Å². The van der Waals surface area contributed by atoms with Gasteiger partial charge in [0, 0.05) is 24.8 Å². The molecule has 1 N–H and O–H groups in total. The van der Waals surface area contributed by atoms with Gasteiger partial charge in [-0.25, -0.2) is 0 Å². The number of fused-ring (bicyclic) bond motifs is 1. The smallest absolute Gasteiger partial charge is 0.120 e. The van der Waals surface area contributed by atoms with Crippen LogP contribution in [0.15, 0.2) is 67.2 Å². The second-order valence-corrected chi connectivity index (χ2v) is 8.28. The van der Waals surface area contributed by atoms with Gasteiger partial charge in [0.15, 0.2) is 0 Å². The summed E-state index contributed by atoms with van der Waals surface area (Å²) in [5, 5.41) is 9.82. The third kappa shape index (κ3) is 4.61. The predicted molar refractivity (Wildman–Crippen MR) is 129 cm³/mol. The molecule has 0 fully saturated rings. The molecule has 0 saturated heterocycles. The van der Waals surface area contributed by atoms with E-state index in [0.29, 0.717) is 11.7 Å². The second kappa shape index (κ2) is 9.30. The van der Waals surface area contributed by atoms with E-state index < -0.39 is 0 Å². The molecule has 160 valence electrons. The molecule has 1 aliphatic carbocycles. The quantitative estimate of drug-likeness (QED) is 0.490. The van der Waals surface area contributed by atoms with Crippen LogP contribution in [0.4, 0.5) is 5.69 Å². The Morgan fingerprint density at radius 1 is 1.06 bits per heavy atom. The Morgan fingerprint density at radius 3 is 2.58 bits per heavy atom. The van der Waals surface area contributed by atoms with Crippen LogP contribution in [0.2, 0.25) is 0 Å². The van der Waals surface area contributed by atoms with E-state index in [-0.39, 0.29) is 0 Å². The monoisotopic (exact) mass is 413 g/mol. The number of phenolic OH excluding ortho intramolecular Hbond substituents is 1. The summed E-state index contributed by atoms with van der Waals surface area (Å²) in [6, 6.07) is 20.9. The SMILES string of the molecule is C=Cc1ccc(CN(CC)c2cc(OC)ccc2C2CCc3cc(O)ccc3C2)cc1. The topological polar surface area (TPSA) is 32.7 Å². The molecule has 0 radical (unpaired) electrons. The van der Waals surface area contributed by atoms with Gasteiger partial charge in [0.25, 0.3) is 0 Å². The van der Waals surface area contributed by atoms with Crippen molar-refractivity contribution >= 4 is 11.8 Å². The summed E-state index contributed by atoms with van der Waals surface area (Å²) in [5.74, 6) is 1.71. The zero-order chi connectivity index (χ0) is 21.8. The molecule has 0 heterocycles. The fraction of sp³-hybridized carbons (Fsp3) is 0.286. The number of anilines is 1. The molecule has 1 unspecified atom stereocenters. The maximum atomic E-state index is 9.82. The summed E-state index contributed by atoms with van der Waals surface area (Å²) >= 11 is 0. The van der Waals surface area contributed by atoms with Crippen LogP contribution in [0.1, 0.15) is 47.1 Å². The average molecular weight is 414 g/mol. The Bertz CT molecular complexity index is 1060. The minimum Gasteiger partial charge on any atom is -0.508 e. The van der Waals surface area contributed by atoms with Gasteiger partial charge < -0.3 is 14.7 Å². The molecule has 1 atom stereocenters. The molecule has 4 rings (SSSR count). The van der Waals surface area contributed by atoms with Crippen molar-refractivity contribution in [3.8, 4) is 11.5 Å². The summed E-state index contributed by atoms with van der Waals surface area (Å²) in [7, 11) is 1.73. The highest BCUT2D eigenvalue weighted by Crippen LogP contribution is 2.40. The molecule has 0 saturated carbocycles. The first-order valence-electron chi connectivity index (χ1n) is 11.1. The minimum atomic E-state index is 0.363. The molecule has 3 aromatic rings. The highest BCUT2D eigenvalue weighted by atomic mass is 16.5. The largest absolute Gasteiger partial charge is 0.508 e. The van der Waals surface area contributed by atoms with Gasteiger partial charge >= 0.3 is 0 Å². The molecule has 3 aromatic carbocycles. The van der Waals surface area contributed by atoms with Gasteiger partial charge in [-0.1, -0.05) is 49.1 Å². The molecule has 1 aliphatic rings. The summed E-state index contributed by atoms with van der Waals surface area (Å²) in [5.41, 5.74) is 7.68. The third-order valence-electron chi connectivity index (χ3n) is 6.41. The first-order valence-corrected chi connectivity index (χ1v) is 11.1. The van der Waals surface area contributed by atoms with Crippen molar-refractivity contribution in [3.63, 3.8) is 0 Å². The highest BCUT2D eigenvalue weighted by Gasteiger charge is 2.24. The molecule has 0 aromatic heterocycles. The van der Waals surface area contributed by atoms with Crippen LogP contribution >= 0.6 is 0 Å². The molecule has 0 bridgehead atoms. The van der Waals surface area contributed by atoms with Crippen molar-refractivity contribution in [2.75, 3.05) is 18.6 Å². The number of aromatic hydroxyl groups is 1. The van der Waals surface area contributed by atoms with E-state index in [0.717, 1.165) is 43.7 Å². The van der Waals surface area contributed by atoms with Crippen molar-refractivity contribution in [3.05, 3.63) is 95.1 Å². The number of rotatable bonds is 7. The lowest BCUT2D eigenvalue weighted by Gasteiger charge is -2.32. The van der Waals surface area contributed by atoms with E-state index in [2.05, 4.69) is 66.9 Å². The van der Waals surface area contributed by atoms with Crippen molar-refractivity contribution in [2.45, 2.75) is 38.6 Å². The van der Waals surface area contributed by atoms with E-state index >= 15 is 0 Å². The number of hydrogen-bond acceptors (Lipinski definition) is 3. The Hall–Kier alpha value is -3.20. The van der Waals surface area contributed by atoms with Gasteiger partial charge in [0.05, 0.1) is 7.11 Å². The maximum Gasteiger partial charge on any atom is 0.120 e. The van der Waals surface area contributed by atoms with Gasteiger partial charge in [-0.15, -0.1) is 0 Å². The standard InChI is InChI=1S/C28H31NO2/c1-4-20-6-8-21(9-7-20)19-29(5-2)28-18-26(31-3)14-15-27(28)24-11-10-23-17-25(30)13-12-22(23)16-24/h4,6-9,12-15,17-18,24,30H,1,5,10-11,16,19H2,2-3H3. The van der Waals surface area contributed by atoms with E-state index in [1.807, 2.05) is 12.1 Å². The molecule has 31 heavy (non-hydrogen) atoms. The summed E-state index contributed by atoms with van der Waals surface area (Å²) < 4.78 is 5.58. The first kappa shape index (κ1) is 21.0. The van der Waals surface area contributed by atoms with Crippen molar-refractivity contribution < 1.29 is 9.84 Å². The highest BCUT2D eigenvalue weighted by molar-refractivity contribution is 5.60. The van der Waals surface area contributed by atoms with Crippen LogP contribution in [-0.4, -0.2) is 18.8 Å². The average Bonchev–Trinajstić information content (AvgIpc) is 2.82. The van der Waals surface area contributed by atoms with Crippen molar-refractivity contribution in [1.29, 1.82) is 0 Å². The molecule has 0 aliphatic heterocycles. The molecular weight excluding hydrogens is 382 g/mol. The third-order valence-corrected chi connectivity index (χ3v) is 6.41. The van der Waals surface area contributed by atoms with Gasteiger partial charge in [0.1, 0.15) is 11.5 Å². The lowest BCUT2D eigenvalue weighted by molar-refractivity contribution is 0.414. The summed E-state index contributed by atoms with van der Waals surface area (Å²) in [6.45, 7) is 7.83. The predicted octanol–water partition coefficient (Wildman–Crippen LogP) is 6.34. The zero-order valence-corrected chi connectivity index (χ0v) is 18.5. The zero-order valence-electron chi connectivity index (χ0n) is 18.5. The summed E-state index contributed by atoms with van der Waals surface area (Å²) in [4.78, 5) is 2.44. The van der Waals surface area contributed by atoms with Crippen LogP contribution < -0.4 is 9.64 Å². The van der Waals surface area contributed by atoms with Gasteiger partial charge in [-0.2, -0.15) is 0 Å². The minimum absolute atomic E-state index is 0.363. The van der Waals surface area contributed by atoms with Crippen LogP contribution in [0.3, 0.4) is 0 Å². The van der Waals surface area contributed by atoms with E-state index in [1.165, 1.54) is 27.9 Å². The Kier molecular flexibility index (Phi) is 6.31. The van der Waals surface area contributed by atoms with E-state index in [4.69, 9.17) is 4.74 Å². The molecule has 3 nitrogen and oxygen atoms in total.